The lowest BCUT2D eigenvalue weighted by atomic mass is 10.2. The first-order chi connectivity index (χ1) is 9.12. The number of pyridine rings is 1. The Hall–Kier alpha value is -1.66. The van der Waals surface area contributed by atoms with Gasteiger partial charge in [-0.3, -0.25) is 15.6 Å². The summed E-state index contributed by atoms with van der Waals surface area (Å²) in [5.41, 5.74) is 3.51. The molecular formula is C13H23N5O. The minimum absolute atomic E-state index is 0.0752. The molecule has 1 unspecified atom stereocenters. The highest BCUT2D eigenvalue weighted by molar-refractivity contribution is 5.99. The summed E-state index contributed by atoms with van der Waals surface area (Å²) < 4.78 is 0. The maximum atomic E-state index is 12.1. The third-order valence-electron chi connectivity index (χ3n) is 3.03. The van der Waals surface area contributed by atoms with Gasteiger partial charge in [-0.05, 0) is 26.1 Å². The largest absolute Gasteiger partial charge is 0.348 e. The van der Waals surface area contributed by atoms with Crippen LogP contribution in [0.3, 0.4) is 0 Å². The number of aromatic nitrogens is 1. The summed E-state index contributed by atoms with van der Waals surface area (Å²) in [7, 11) is 0. The summed E-state index contributed by atoms with van der Waals surface area (Å²) in [5.74, 6) is 5.22. The molecule has 0 bridgehead atoms. The Kier molecular flexibility index (Phi) is 6.24. The van der Waals surface area contributed by atoms with Crippen molar-refractivity contribution in [3.05, 3.63) is 24.0 Å². The molecule has 4 N–H and O–H groups in total. The van der Waals surface area contributed by atoms with Gasteiger partial charge in [0.2, 0.25) is 0 Å². The average molecular weight is 265 g/mol. The number of anilines is 1. The first-order valence-electron chi connectivity index (χ1n) is 6.56. The normalized spacial score (nSPS) is 12.3. The molecule has 1 aromatic rings. The fourth-order valence-corrected chi connectivity index (χ4v) is 1.92. The van der Waals surface area contributed by atoms with Gasteiger partial charge >= 0.3 is 0 Å². The molecule has 0 aliphatic rings. The molecule has 0 saturated heterocycles. The predicted molar refractivity (Wildman–Crippen MR) is 76.8 cm³/mol. The lowest BCUT2D eigenvalue weighted by molar-refractivity contribution is 0.0931. The minimum Gasteiger partial charge on any atom is -0.348 e. The highest BCUT2D eigenvalue weighted by Crippen LogP contribution is 2.11. The van der Waals surface area contributed by atoms with Gasteiger partial charge in [0.05, 0.1) is 17.4 Å². The SMILES string of the molecule is CCN(CC)CC(C)NC(=O)c1ccncc1NN. The molecule has 1 heterocycles. The molecule has 1 atom stereocenters. The summed E-state index contributed by atoms with van der Waals surface area (Å²) in [6.45, 7) is 8.99. The number of nitrogens with zero attached hydrogens (tertiary/aromatic N) is 2. The van der Waals surface area contributed by atoms with E-state index in [2.05, 4.69) is 34.5 Å². The third-order valence-corrected chi connectivity index (χ3v) is 3.03. The number of hydrazine groups is 1. The van der Waals surface area contributed by atoms with Crippen LogP contribution in [0, 0.1) is 0 Å². The second-order valence-corrected chi connectivity index (χ2v) is 4.43. The molecule has 0 spiro atoms. The molecule has 0 aliphatic carbocycles. The second-order valence-electron chi connectivity index (χ2n) is 4.43. The Morgan fingerprint density at radius 1 is 1.47 bits per heavy atom. The fraction of sp³-hybridized carbons (Fsp3) is 0.538. The van der Waals surface area contributed by atoms with Gasteiger partial charge in [-0.25, -0.2) is 0 Å². The monoisotopic (exact) mass is 265 g/mol. The van der Waals surface area contributed by atoms with E-state index in [1.165, 1.54) is 6.20 Å². The lowest BCUT2D eigenvalue weighted by Crippen LogP contribution is -2.42. The van der Waals surface area contributed by atoms with Crippen LogP contribution in [-0.2, 0) is 0 Å². The number of amides is 1. The van der Waals surface area contributed by atoms with E-state index in [0.717, 1.165) is 19.6 Å². The third kappa shape index (κ3) is 4.50. The lowest BCUT2D eigenvalue weighted by Gasteiger charge is -2.23. The Bertz CT molecular complexity index is 406. The number of nitrogens with one attached hydrogen (secondary N) is 2. The van der Waals surface area contributed by atoms with Gasteiger partial charge in [0.15, 0.2) is 0 Å². The van der Waals surface area contributed by atoms with E-state index >= 15 is 0 Å². The first kappa shape index (κ1) is 15.4. The zero-order chi connectivity index (χ0) is 14.3. The van der Waals surface area contributed by atoms with E-state index in [-0.39, 0.29) is 11.9 Å². The molecular weight excluding hydrogens is 242 g/mol. The van der Waals surface area contributed by atoms with Gasteiger partial charge in [-0.15, -0.1) is 0 Å². The van der Waals surface area contributed by atoms with Crippen molar-refractivity contribution < 1.29 is 4.79 Å². The van der Waals surface area contributed by atoms with Crippen molar-refractivity contribution in [3.63, 3.8) is 0 Å². The van der Waals surface area contributed by atoms with E-state index in [4.69, 9.17) is 5.84 Å². The smallest absolute Gasteiger partial charge is 0.253 e. The standard InChI is InChI=1S/C13H23N5O/c1-4-18(5-2)9-10(3)16-13(19)11-6-7-15-8-12(11)17-14/h6-8,10,17H,4-5,9,14H2,1-3H3,(H,16,19). The van der Waals surface area contributed by atoms with Crippen LogP contribution in [0.25, 0.3) is 0 Å². The van der Waals surface area contributed by atoms with E-state index in [0.29, 0.717) is 11.3 Å². The summed E-state index contributed by atoms with van der Waals surface area (Å²) in [4.78, 5) is 18.3. The van der Waals surface area contributed by atoms with Crippen molar-refractivity contribution in [2.45, 2.75) is 26.8 Å². The molecule has 6 nitrogen and oxygen atoms in total. The van der Waals surface area contributed by atoms with Gasteiger partial charge in [0.25, 0.3) is 5.91 Å². The number of carbonyl (C=O) groups is 1. The van der Waals surface area contributed by atoms with Crippen molar-refractivity contribution in [3.8, 4) is 0 Å². The van der Waals surface area contributed by atoms with E-state index in [9.17, 15) is 4.79 Å². The number of rotatable bonds is 7. The van der Waals surface area contributed by atoms with Crippen LogP contribution < -0.4 is 16.6 Å². The molecule has 19 heavy (non-hydrogen) atoms. The van der Waals surface area contributed by atoms with Crippen molar-refractivity contribution in [2.24, 2.45) is 5.84 Å². The van der Waals surface area contributed by atoms with Crippen LogP contribution in [-0.4, -0.2) is 41.5 Å². The highest BCUT2D eigenvalue weighted by atomic mass is 16.1. The maximum Gasteiger partial charge on any atom is 0.253 e. The summed E-state index contributed by atoms with van der Waals surface area (Å²) >= 11 is 0. The summed E-state index contributed by atoms with van der Waals surface area (Å²) in [6, 6.07) is 1.72. The van der Waals surface area contributed by atoms with Crippen molar-refractivity contribution in [1.29, 1.82) is 0 Å². The first-order valence-corrected chi connectivity index (χ1v) is 6.56. The number of hydrogen-bond donors (Lipinski definition) is 3. The van der Waals surface area contributed by atoms with Crippen LogP contribution in [0.4, 0.5) is 5.69 Å². The van der Waals surface area contributed by atoms with Gasteiger partial charge in [0, 0.05) is 18.8 Å². The van der Waals surface area contributed by atoms with Crippen molar-refractivity contribution >= 4 is 11.6 Å². The van der Waals surface area contributed by atoms with Crippen LogP contribution >= 0.6 is 0 Å². The zero-order valence-corrected chi connectivity index (χ0v) is 11.8. The van der Waals surface area contributed by atoms with Crippen LogP contribution in [0.2, 0.25) is 0 Å². The molecule has 0 saturated carbocycles. The quantitative estimate of drug-likeness (QED) is 0.502. The predicted octanol–water partition coefficient (Wildman–Crippen LogP) is 0.827. The zero-order valence-electron chi connectivity index (χ0n) is 11.8. The van der Waals surface area contributed by atoms with E-state index < -0.39 is 0 Å². The molecule has 1 amide bonds. The van der Waals surface area contributed by atoms with Gasteiger partial charge < -0.3 is 15.6 Å². The van der Waals surface area contributed by atoms with Crippen LogP contribution in [0.5, 0.6) is 0 Å². The molecule has 6 heteroatoms. The van der Waals surface area contributed by atoms with Gasteiger partial charge in [0.1, 0.15) is 0 Å². The molecule has 0 fully saturated rings. The number of nitrogen functional groups attached to an aromatic ring is 1. The van der Waals surface area contributed by atoms with Crippen LogP contribution in [0.15, 0.2) is 18.5 Å². The highest BCUT2D eigenvalue weighted by Gasteiger charge is 2.14. The average Bonchev–Trinajstić information content (AvgIpc) is 2.44. The Labute approximate surface area is 114 Å². The molecule has 0 aromatic carbocycles. The molecule has 1 aromatic heterocycles. The Morgan fingerprint density at radius 3 is 2.74 bits per heavy atom. The number of nitrogens with two attached hydrogens (primary N) is 1. The number of carbonyl (C=O) groups excluding carboxylic acids is 1. The van der Waals surface area contributed by atoms with Gasteiger partial charge in [-0.1, -0.05) is 13.8 Å². The van der Waals surface area contributed by atoms with Crippen LogP contribution in [0.1, 0.15) is 31.1 Å². The van der Waals surface area contributed by atoms with Crippen molar-refractivity contribution in [2.75, 3.05) is 25.1 Å². The molecule has 0 aliphatic heterocycles. The van der Waals surface area contributed by atoms with Crippen molar-refractivity contribution in [1.82, 2.24) is 15.2 Å². The second kappa shape index (κ2) is 7.70. The Balaban J connectivity index is 2.63. The minimum atomic E-state index is -0.144. The molecule has 106 valence electrons. The number of hydrogen-bond acceptors (Lipinski definition) is 5. The Morgan fingerprint density at radius 2 is 2.16 bits per heavy atom. The van der Waals surface area contributed by atoms with Gasteiger partial charge in [-0.2, -0.15) is 0 Å². The van der Waals surface area contributed by atoms with E-state index in [1.807, 2.05) is 6.92 Å². The topological polar surface area (TPSA) is 83.3 Å². The maximum absolute atomic E-state index is 12.1. The summed E-state index contributed by atoms with van der Waals surface area (Å²) in [6.07, 6.45) is 3.11. The van der Waals surface area contributed by atoms with E-state index in [1.54, 1.807) is 12.3 Å². The molecule has 1 rings (SSSR count). The molecule has 0 radical (unpaired) electrons. The summed E-state index contributed by atoms with van der Waals surface area (Å²) in [5, 5.41) is 2.97. The number of likely N-dealkylation sites (N-methyl/N-ethyl adjacent to an activating group) is 1. The fourth-order valence-electron chi connectivity index (χ4n) is 1.92.